The lowest BCUT2D eigenvalue weighted by atomic mass is 10.1. The maximum atomic E-state index is 12.8. The molecule has 1 fully saturated rings. The fourth-order valence-corrected chi connectivity index (χ4v) is 4.72. The van der Waals surface area contributed by atoms with Gasteiger partial charge in [-0.15, -0.1) is 11.3 Å². The van der Waals surface area contributed by atoms with Crippen LogP contribution in [0.5, 0.6) is 0 Å². The number of rotatable bonds is 3. The zero-order valence-electron chi connectivity index (χ0n) is 14.5. The fraction of sp³-hybridized carbons (Fsp3) is 0.130. The lowest BCUT2D eigenvalue weighted by molar-refractivity contribution is -0.117. The summed E-state index contributed by atoms with van der Waals surface area (Å²) in [4.78, 5) is 25.4. The van der Waals surface area contributed by atoms with E-state index in [2.05, 4.69) is 17.4 Å². The molecule has 4 aromatic rings. The van der Waals surface area contributed by atoms with Crippen molar-refractivity contribution in [2.45, 2.75) is 12.3 Å². The van der Waals surface area contributed by atoms with E-state index >= 15 is 0 Å². The molecule has 0 radical (unpaired) electrons. The van der Waals surface area contributed by atoms with E-state index in [1.165, 1.54) is 5.56 Å². The first-order valence-corrected chi connectivity index (χ1v) is 9.84. The highest BCUT2D eigenvalue weighted by Crippen LogP contribution is 2.47. The Kier molecular flexibility index (Phi) is 3.80. The average molecular weight is 371 g/mol. The van der Waals surface area contributed by atoms with Gasteiger partial charge in [0.1, 0.15) is 0 Å². The maximum Gasteiger partial charge on any atom is 0.228 e. The van der Waals surface area contributed by atoms with Crippen molar-refractivity contribution in [1.82, 2.24) is 0 Å². The van der Waals surface area contributed by atoms with Gasteiger partial charge in [0.2, 0.25) is 5.91 Å². The molecular formula is C23H17NO2S. The Morgan fingerprint density at radius 3 is 2.48 bits per heavy atom. The predicted molar refractivity (Wildman–Crippen MR) is 112 cm³/mol. The Hall–Kier alpha value is -2.98. The zero-order chi connectivity index (χ0) is 18.4. The standard InChI is InChI=1S/C23H17NO2S/c25-22-16-8-4-5-9-20(16)27-21-11-10-15(12-19(21)22)24-23(26)18-13-17(18)14-6-2-1-3-7-14/h1-12,17-18H,13H2,(H,24,26). The number of benzene rings is 3. The van der Waals surface area contributed by atoms with E-state index in [1.54, 1.807) is 17.4 Å². The molecule has 0 bridgehead atoms. The monoisotopic (exact) mass is 371 g/mol. The number of anilines is 1. The molecule has 3 aromatic carbocycles. The van der Waals surface area contributed by atoms with Crippen LogP contribution >= 0.6 is 11.3 Å². The van der Waals surface area contributed by atoms with Crippen LogP contribution in [0.2, 0.25) is 0 Å². The summed E-state index contributed by atoms with van der Waals surface area (Å²) in [5, 5.41) is 4.38. The molecule has 1 saturated carbocycles. The minimum absolute atomic E-state index is 0.00855. The van der Waals surface area contributed by atoms with Gasteiger partial charge in [0, 0.05) is 31.8 Å². The summed E-state index contributed by atoms with van der Waals surface area (Å²) < 4.78 is 1.92. The molecule has 1 heterocycles. The Morgan fingerprint density at radius 1 is 0.889 bits per heavy atom. The Balaban J connectivity index is 1.42. The highest BCUT2D eigenvalue weighted by atomic mass is 32.1. The first-order valence-electron chi connectivity index (χ1n) is 9.02. The molecule has 0 saturated heterocycles. The van der Waals surface area contributed by atoms with Crippen molar-refractivity contribution in [2.75, 3.05) is 5.32 Å². The molecule has 0 aliphatic heterocycles. The van der Waals surface area contributed by atoms with Crippen LogP contribution in [0.3, 0.4) is 0 Å². The molecular weight excluding hydrogens is 354 g/mol. The van der Waals surface area contributed by atoms with Crippen LogP contribution in [0.1, 0.15) is 17.9 Å². The molecule has 4 heteroatoms. The Morgan fingerprint density at radius 2 is 1.63 bits per heavy atom. The summed E-state index contributed by atoms with van der Waals surface area (Å²) in [6.45, 7) is 0. The summed E-state index contributed by atoms with van der Waals surface area (Å²) in [7, 11) is 0. The van der Waals surface area contributed by atoms with Crippen LogP contribution in [0.4, 0.5) is 5.69 Å². The van der Waals surface area contributed by atoms with Crippen LogP contribution in [-0.2, 0) is 4.79 Å². The van der Waals surface area contributed by atoms with Gasteiger partial charge < -0.3 is 5.32 Å². The van der Waals surface area contributed by atoms with Crippen LogP contribution in [0.25, 0.3) is 20.2 Å². The summed E-state index contributed by atoms with van der Waals surface area (Å²) in [6.07, 6.45) is 0.878. The predicted octanol–water partition coefficient (Wildman–Crippen LogP) is 5.16. The summed E-state index contributed by atoms with van der Waals surface area (Å²) in [5.74, 6) is 0.335. The van der Waals surface area contributed by atoms with Crippen molar-refractivity contribution in [3.05, 3.63) is 88.6 Å². The first kappa shape index (κ1) is 16.2. The molecule has 0 spiro atoms. The van der Waals surface area contributed by atoms with Crippen molar-refractivity contribution in [3.8, 4) is 0 Å². The van der Waals surface area contributed by atoms with Crippen molar-refractivity contribution in [1.29, 1.82) is 0 Å². The van der Waals surface area contributed by atoms with E-state index in [0.29, 0.717) is 17.0 Å². The molecule has 1 aliphatic rings. The van der Waals surface area contributed by atoms with Gasteiger partial charge >= 0.3 is 0 Å². The second-order valence-electron chi connectivity index (χ2n) is 6.99. The smallest absolute Gasteiger partial charge is 0.228 e. The SMILES string of the molecule is O=C(Nc1ccc2sc3ccccc3c(=O)c2c1)C1CC1c1ccccc1. The molecule has 27 heavy (non-hydrogen) atoms. The van der Waals surface area contributed by atoms with Crippen molar-refractivity contribution in [2.24, 2.45) is 5.92 Å². The molecule has 1 amide bonds. The number of nitrogens with one attached hydrogen (secondary N) is 1. The topological polar surface area (TPSA) is 46.2 Å². The number of hydrogen-bond acceptors (Lipinski definition) is 3. The van der Waals surface area contributed by atoms with Crippen LogP contribution in [-0.4, -0.2) is 5.91 Å². The maximum absolute atomic E-state index is 12.8. The molecule has 132 valence electrons. The zero-order valence-corrected chi connectivity index (χ0v) is 15.3. The van der Waals surface area contributed by atoms with Crippen molar-refractivity contribution >= 4 is 43.1 Å². The van der Waals surface area contributed by atoms with Gasteiger partial charge in [-0.2, -0.15) is 0 Å². The van der Waals surface area contributed by atoms with E-state index < -0.39 is 0 Å². The van der Waals surface area contributed by atoms with E-state index in [1.807, 2.05) is 54.6 Å². The summed E-state index contributed by atoms with van der Waals surface area (Å²) in [6, 6.07) is 23.4. The van der Waals surface area contributed by atoms with Gasteiger partial charge in [0.05, 0.1) is 0 Å². The third-order valence-corrected chi connectivity index (χ3v) is 6.35. The first-order chi connectivity index (χ1) is 13.2. The van der Waals surface area contributed by atoms with Gasteiger partial charge in [-0.05, 0) is 48.2 Å². The van der Waals surface area contributed by atoms with Gasteiger partial charge in [-0.1, -0.05) is 42.5 Å². The summed E-state index contributed by atoms with van der Waals surface area (Å²) >= 11 is 1.60. The number of carbonyl (C=O) groups excluding carboxylic acids is 1. The Bertz CT molecular complexity index is 1230. The van der Waals surface area contributed by atoms with Gasteiger partial charge in [0.25, 0.3) is 0 Å². The van der Waals surface area contributed by atoms with Gasteiger partial charge in [-0.3, -0.25) is 9.59 Å². The number of amides is 1. The number of fused-ring (bicyclic) bond motifs is 2. The quantitative estimate of drug-likeness (QED) is 0.506. The second-order valence-corrected chi connectivity index (χ2v) is 8.07. The van der Waals surface area contributed by atoms with Gasteiger partial charge in [-0.25, -0.2) is 0 Å². The highest BCUT2D eigenvalue weighted by molar-refractivity contribution is 7.24. The van der Waals surface area contributed by atoms with Crippen LogP contribution in [0.15, 0.2) is 77.6 Å². The number of carbonyl (C=O) groups is 1. The van der Waals surface area contributed by atoms with E-state index in [4.69, 9.17) is 0 Å². The minimum Gasteiger partial charge on any atom is -0.326 e. The fourth-order valence-electron chi connectivity index (χ4n) is 3.67. The van der Waals surface area contributed by atoms with Gasteiger partial charge in [0.15, 0.2) is 5.43 Å². The molecule has 2 atom stereocenters. The third-order valence-electron chi connectivity index (χ3n) is 5.20. The normalized spacial score (nSPS) is 18.5. The molecule has 1 aromatic heterocycles. The average Bonchev–Trinajstić information content (AvgIpc) is 3.51. The van der Waals surface area contributed by atoms with Crippen molar-refractivity contribution in [3.63, 3.8) is 0 Å². The largest absolute Gasteiger partial charge is 0.326 e. The van der Waals surface area contributed by atoms with E-state index in [-0.39, 0.29) is 17.3 Å². The van der Waals surface area contributed by atoms with Crippen LogP contribution < -0.4 is 10.7 Å². The van der Waals surface area contributed by atoms with E-state index in [0.717, 1.165) is 21.2 Å². The molecule has 1 N–H and O–H groups in total. The molecule has 1 aliphatic carbocycles. The van der Waals surface area contributed by atoms with Crippen LogP contribution in [0, 0.1) is 5.92 Å². The molecule has 2 unspecified atom stereocenters. The third kappa shape index (κ3) is 2.92. The highest BCUT2D eigenvalue weighted by Gasteiger charge is 2.43. The minimum atomic E-state index is 0.00855. The van der Waals surface area contributed by atoms with E-state index in [9.17, 15) is 9.59 Å². The Labute approximate surface area is 160 Å². The summed E-state index contributed by atoms with van der Waals surface area (Å²) in [5.41, 5.74) is 1.92. The molecule has 3 nitrogen and oxygen atoms in total. The second kappa shape index (κ2) is 6.32. The lowest BCUT2D eigenvalue weighted by Gasteiger charge is -2.07. The number of hydrogen-bond donors (Lipinski definition) is 1. The molecule has 5 rings (SSSR count). The lowest BCUT2D eigenvalue weighted by Crippen LogP contribution is -2.14. The van der Waals surface area contributed by atoms with Crippen molar-refractivity contribution < 1.29 is 4.79 Å².